The maximum absolute atomic E-state index is 11.4. The zero-order chi connectivity index (χ0) is 17.2. The van der Waals surface area contributed by atoms with Crippen LogP contribution in [0.1, 0.15) is 37.7 Å². The van der Waals surface area contributed by atoms with Gasteiger partial charge in [0.15, 0.2) is 0 Å². The number of aromatic nitrogens is 1. The Morgan fingerprint density at radius 1 is 1.20 bits per heavy atom. The number of piperidine rings is 1. The van der Waals surface area contributed by atoms with Crippen molar-refractivity contribution in [2.45, 2.75) is 50.7 Å². The lowest BCUT2D eigenvalue weighted by atomic mass is 9.96. The van der Waals surface area contributed by atoms with Gasteiger partial charge in [-0.2, -0.15) is 0 Å². The molecule has 1 unspecified atom stereocenters. The molecule has 2 saturated heterocycles. The molecule has 3 heterocycles. The Morgan fingerprint density at radius 3 is 2.72 bits per heavy atom. The van der Waals surface area contributed by atoms with Crippen LogP contribution in [0.4, 0.5) is 5.82 Å². The van der Waals surface area contributed by atoms with Gasteiger partial charge in [0.1, 0.15) is 5.82 Å². The van der Waals surface area contributed by atoms with Gasteiger partial charge in [0, 0.05) is 62.5 Å². The second-order valence-corrected chi connectivity index (χ2v) is 7.74. The van der Waals surface area contributed by atoms with E-state index in [0.29, 0.717) is 6.04 Å². The van der Waals surface area contributed by atoms with Crippen molar-refractivity contribution in [3.05, 3.63) is 23.9 Å². The number of pyridine rings is 1. The zero-order valence-corrected chi connectivity index (χ0v) is 14.9. The molecule has 3 aliphatic rings. The van der Waals surface area contributed by atoms with Gasteiger partial charge in [0.05, 0.1) is 0 Å². The maximum atomic E-state index is 11.4. The SMILES string of the molecule is NC(=O)C1CCN(c2ncccc2CNC2CCN(C3CC3)C2)CC1. The molecule has 0 spiro atoms. The van der Waals surface area contributed by atoms with E-state index in [1.54, 1.807) is 0 Å². The standard InChI is InChI=1S/C19H29N5O/c20-18(25)14-5-9-23(10-6-14)19-15(2-1-8-21-19)12-22-16-7-11-24(13-16)17-3-4-17/h1-2,8,14,16-17,22H,3-7,9-13H2,(H2,20,25). The molecule has 1 amide bonds. The monoisotopic (exact) mass is 343 g/mol. The largest absolute Gasteiger partial charge is 0.369 e. The van der Waals surface area contributed by atoms with Gasteiger partial charge in [-0.25, -0.2) is 4.98 Å². The normalized spacial score (nSPS) is 25.4. The van der Waals surface area contributed by atoms with Crippen LogP contribution in [0.25, 0.3) is 0 Å². The Kier molecular flexibility index (Phi) is 4.90. The van der Waals surface area contributed by atoms with Gasteiger partial charge in [-0.15, -0.1) is 0 Å². The molecule has 0 aromatic carbocycles. The van der Waals surface area contributed by atoms with Crippen molar-refractivity contribution < 1.29 is 4.79 Å². The number of anilines is 1. The molecular weight excluding hydrogens is 314 g/mol. The number of carbonyl (C=O) groups is 1. The van der Waals surface area contributed by atoms with Gasteiger partial charge < -0.3 is 16.0 Å². The Labute approximate surface area is 149 Å². The van der Waals surface area contributed by atoms with Crippen molar-refractivity contribution in [3.8, 4) is 0 Å². The highest BCUT2D eigenvalue weighted by atomic mass is 16.1. The second kappa shape index (κ2) is 7.30. The number of nitrogens with zero attached hydrogens (tertiary/aromatic N) is 3. The first-order chi connectivity index (χ1) is 12.2. The van der Waals surface area contributed by atoms with Crippen LogP contribution in [0.5, 0.6) is 0 Å². The molecule has 1 atom stereocenters. The molecule has 4 rings (SSSR count). The van der Waals surface area contributed by atoms with Crippen molar-refractivity contribution in [3.63, 3.8) is 0 Å². The smallest absolute Gasteiger partial charge is 0.220 e. The van der Waals surface area contributed by atoms with Crippen LogP contribution in [0, 0.1) is 5.92 Å². The number of likely N-dealkylation sites (tertiary alicyclic amines) is 1. The molecule has 0 bridgehead atoms. The van der Waals surface area contributed by atoms with E-state index in [1.807, 2.05) is 12.3 Å². The summed E-state index contributed by atoms with van der Waals surface area (Å²) in [5, 5.41) is 3.73. The number of hydrogen-bond donors (Lipinski definition) is 2. The van der Waals surface area contributed by atoms with Crippen LogP contribution in [0.15, 0.2) is 18.3 Å². The fraction of sp³-hybridized carbons (Fsp3) is 0.684. The third-order valence-electron chi connectivity index (χ3n) is 5.93. The Bertz CT molecular complexity index is 610. The summed E-state index contributed by atoms with van der Waals surface area (Å²) in [5.74, 6) is 0.924. The number of primary amides is 1. The lowest BCUT2D eigenvalue weighted by Gasteiger charge is -2.32. The van der Waals surface area contributed by atoms with Crippen molar-refractivity contribution in [1.29, 1.82) is 0 Å². The third-order valence-corrected chi connectivity index (χ3v) is 5.93. The molecule has 3 N–H and O–H groups in total. The molecule has 3 fully saturated rings. The van der Waals surface area contributed by atoms with Crippen LogP contribution >= 0.6 is 0 Å². The summed E-state index contributed by atoms with van der Waals surface area (Å²) < 4.78 is 0. The van der Waals surface area contributed by atoms with Crippen molar-refractivity contribution >= 4 is 11.7 Å². The molecule has 25 heavy (non-hydrogen) atoms. The molecule has 1 aromatic rings. The van der Waals surface area contributed by atoms with Crippen LogP contribution in [-0.4, -0.2) is 54.1 Å². The minimum atomic E-state index is -0.163. The van der Waals surface area contributed by atoms with Crippen molar-refractivity contribution in [1.82, 2.24) is 15.2 Å². The average molecular weight is 343 g/mol. The topological polar surface area (TPSA) is 74.5 Å². The van der Waals surface area contributed by atoms with Crippen LogP contribution in [-0.2, 0) is 11.3 Å². The molecule has 136 valence electrons. The van der Waals surface area contributed by atoms with E-state index in [2.05, 4.69) is 26.2 Å². The zero-order valence-electron chi connectivity index (χ0n) is 14.9. The van der Waals surface area contributed by atoms with E-state index in [4.69, 9.17) is 5.73 Å². The van der Waals surface area contributed by atoms with E-state index in [1.165, 1.54) is 37.9 Å². The summed E-state index contributed by atoms with van der Waals surface area (Å²) in [5.41, 5.74) is 6.70. The second-order valence-electron chi connectivity index (χ2n) is 7.74. The summed E-state index contributed by atoms with van der Waals surface area (Å²) in [6.45, 7) is 5.00. The first-order valence-corrected chi connectivity index (χ1v) is 9.66. The van der Waals surface area contributed by atoms with Gasteiger partial charge in [-0.05, 0) is 38.2 Å². The highest BCUT2D eigenvalue weighted by Gasteiger charge is 2.34. The maximum Gasteiger partial charge on any atom is 0.220 e. The summed E-state index contributed by atoms with van der Waals surface area (Å²) in [6, 6.07) is 5.65. The Balaban J connectivity index is 1.34. The van der Waals surface area contributed by atoms with E-state index in [9.17, 15) is 4.79 Å². The summed E-state index contributed by atoms with van der Waals surface area (Å²) in [4.78, 5) is 20.9. The fourth-order valence-corrected chi connectivity index (χ4v) is 4.21. The van der Waals surface area contributed by atoms with Gasteiger partial charge in [-0.1, -0.05) is 6.07 Å². The van der Waals surface area contributed by atoms with E-state index < -0.39 is 0 Å². The van der Waals surface area contributed by atoms with Gasteiger partial charge in [0.2, 0.25) is 5.91 Å². The summed E-state index contributed by atoms with van der Waals surface area (Å²) in [6.07, 6.45) is 7.55. The highest BCUT2D eigenvalue weighted by molar-refractivity contribution is 5.77. The van der Waals surface area contributed by atoms with Crippen LogP contribution in [0.2, 0.25) is 0 Å². The number of nitrogens with one attached hydrogen (secondary N) is 1. The quantitative estimate of drug-likeness (QED) is 0.809. The number of carbonyl (C=O) groups excluding carboxylic acids is 1. The van der Waals surface area contributed by atoms with E-state index in [0.717, 1.165) is 44.3 Å². The molecular formula is C19H29N5O. The van der Waals surface area contributed by atoms with Crippen LogP contribution in [0.3, 0.4) is 0 Å². The van der Waals surface area contributed by atoms with Crippen molar-refractivity contribution in [2.75, 3.05) is 31.1 Å². The number of amides is 1. The van der Waals surface area contributed by atoms with Crippen LogP contribution < -0.4 is 16.0 Å². The molecule has 0 radical (unpaired) electrons. The third kappa shape index (κ3) is 3.96. The van der Waals surface area contributed by atoms with E-state index >= 15 is 0 Å². The average Bonchev–Trinajstić information content (AvgIpc) is 3.39. The predicted octanol–water partition coefficient (Wildman–Crippen LogP) is 1.11. The molecule has 1 aliphatic carbocycles. The highest BCUT2D eigenvalue weighted by Crippen LogP contribution is 2.30. The first kappa shape index (κ1) is 16.8. The molecule has 1 saturated carbocycles. The Hall–Kier alpha value is -1.66. The number of nitrogens with two attached hydrogens (primary N) is 1. The van der Waals surface area contributed by atoms with Gasteiger partial charge in [-0.3, -0.25) is 9.69 Å². The lowest BCUT2D eigenvalue weighted by molar-refractivity contribution is -0.122. The summed E-state index contributed by atoms with van der Waals surface area (Å²) >= 11 is 0. The minimum Gasteiger partial charge on any atom is -0.369 e. The number of hydrogen-bond acceptors (Lipinski definition) is 5. The molecule has 1 aromatic heterocycles. The Morgan fingerprint density at radius 2 is 2.00 bits per heavy atom. The molecule has 6 heteroatoms. The fourth-order valence-electron chi connectivity index (χ4n) is 4.21. The first-order valence-electron chi connectivity index (χ1n) is 9.66. The number of rotatable bonds is 6. The van der Waals surface area contributed by atoms with E-state index in [-0.39, 0.29) is 11.8 Å². The summed E-state index contributed by atoms with van der Waals surface area (Å²) in [7, 11) is 0. The minimum absolute atomic E-state index is 0.0217. The van der Waals surface area contributed by atoms with Crippen molar-refractivity contribution in [2.24, 2.45) is 11.7 Å². The molecule has 6 nitrogen and oxygen atoms in total. The lowest BCUT2D eigenvalue weighted by Crippen LogP contribution is -2.40. The molecule has 2 aliphatic heterocycles. The van der Waals surface area contributed by atoms with Gasteiger partial charge >= 0.3 is 0 Å². The predicted molar refractivity (Wildman–Crippen MR) is 98.2 cm³/mol. The van der Waals surface area contributed by atoms with Gasteiger partial charge in [0.25, 0.3) is 0 Å².